The molecule has 2 heterocycles. The first kappa shape index (κ1) is 21.0. The Kier molecular flexibility index (Phi) is 5.91. The molecule has 0 unspecified atom stereocenters. The van der Waals surface area contributed by atoms with Gasteiger partial charge in [0.2, 0.25) is 11.7 Å². The number of aryl methyl sites for hydroxylation is 2. The van der Waals surface area contributed by atoms with Crippen molar-refractivity contribution in [3.8, 4) is 11.4 Å². The summed E-state index contributed by atoms with van der Waals surface area (Å²) in [6.45, 7) is 2.51. The molecule has 8 heteroatoms. The lowest BCUT2D eigenvalue weighted by molar-refractivity contribution is -0.118. The lowest BCUT2D eigenvalue weighted by Gasteiger charge is -2.22. The Morgan fingerprint density at radius 2 is 1.73 bits per heavy atom. The van der Waals surface area contributed by atoms with Gasteiger partial charge in [0.1, 0.15) is 0 Å². The van der Waals surface area contributed by atoms with Crippen LogP contribution in [-0.2, 0) is 11.3 Å². The van der Waals surface area contributed by atoms with E-state index in [1.54, 1.807) is 9.70 Å². The molecule has 0 saturated heterocycles. The van der Waals surface area contributed by atoms with Crippen molar-refractivity contribution in [1.82, 2.24) is 25.2 Å². The van der Waals surface area contributed by atoms with Gasteiger partial charge in [0.15, 0.2) is 5.13 Å². The number of hydrogen-bond donors (Lipinski definition) is 0. The minimum Gasteiger partial charge on any atom is -0.274 e. The van der Waals surface area contributed by atoms with Crippen molar-refractivity contribution in [3.63, 3.8) is 0 Å². The summed E-state index contributed by atoms with van der Waals surface area (Å²) in [5.41, 5.74) is 3.69. The van der Waals surface area contributed by atoms with Crippen molar-refractivity contribution in [2.45, 2.75) is 26.3 Å². The summed E-state index contributed by atoms with van der Waals surface area (Å²) in [6.07, 6.45) is 0.934. The molecule has 5 aromatic rings. The Morgan fingerprint density at radius 1 is 0.970 bits per heavy atom. The SMILES string of the molecule is Cc1ccccc1N(C(=O)CCCn1nnc(-c2ccccc2)n1)c1nc2ccccc2s1. The molecular formula is C25H22N6OS. The minimum absolute atomic E-state index is 0.00763. The van der Waals surface area contributed by atoms with Gasteiger partial charge in [0.25, 0.3) is 0 Å². The first-order valence-electron chi connectivity index (χ1n) is 10.8. The van der Waals surface area contributed by atoms with E-state index < -0.39 is 0 Å². The van der Waals surface area contributed by atoms with Crippen molar-refractivity contribution in [2.24, 2.45) is 0 Å². The highest BCUT2D eigenvalue weighted by Gasteiger charge is 2.23. The van der Waals surface area contributed by atoms with Crippen LogP contribution >= 0.6 is 11.3 Å². The predicted molar refractivity (Wildman–Crippen MR) is 130 cm³/mol. The molecule has 3 aromatic carbocycles. The number of rotatable bonds is 7. The molecule has 1 amide bonds. The zero-order chi connectivity index (χ0) is 22.6. The average Bonchev–Trinajstić information content (AvgIpc) is 3.48. The molecule has 2 aromatic heterocycles. The van der Waals surface area contributed by atoms with Crippen LogP contribution in [0.2, 0.25) is 0 Å². The van der Waals surface area contributed by atoms with Crippen LogP contribution in [0.4, 0.5) is 10.8 Å². The molecule has 0 fully saturated rings. The Labute approximate surface area is 195 Å². The van der Waals surface area contributed by atoms with E-state index in [4.69, 9.17) is 4.98 Å². The standard InChI is InChI=1S/C25H22N6OS/c1-18-10-5-7-14-21(18)31(25-26-20-13-6-8-15-22(20)33-25)23(32)16-9-17-30-28-24(27-29-30)19-11-3-2-4-12-19/h2-8,10-15H,9,16-17H2,1H3. The fourth-order valence-corrected chi connectivity index (χ4v) is 4.64. The van der Waals surface area contributed by atoms with Crippen molar-refractivity contribution < 1.29 is 4.79 Å². The lowest BCUT2D eigenvalue weighted by atomic mass is 10.1. The number of carbonyl (C=O) groups excluding carboxylic acids is 1. The summed E-state index contributed by atoms with van der Waals surface area (Å²) in [5, 5.41) is 13.4. The second-order valence-electron chi connectivity index (χ2n) is 7.66. The first-order chi connectivity index (χ1) is 16.2. The van der Waals surface area contributed by atoms with Crippen LogP contribution in [0.5, 0.6) is 0 Å². The maximum absolute atomic E-state index is 13.4. The van der Waals surface area contributed by atoms with E-state index >= 15 is 0 Å². The maximum Gasteiger partial charge on any atom is 0.233 e. The number of tetrazole rings is 1. The number of para-hydroxylation sites is 2. The van der Waals surface area contributed by atoms with Crippen molar-refractivity contribution in [1.29, 1.82) is 0 Å². The van der Waals surface area contributed by atoms with E-state index in [1.165, 1.54) is 11.3 Å². The van der Waals surface area contributed by atoms with E-state index in [-0.39, 0.29) is 5.91 Å². The van der Waals surface area contributed by atoms with Gasteiger partial charge < -0.3 is 0 Å². The first-order valence-corrected chi connectivity index (χ1v) is 11.6. The lowest BCUT2D eigenvalue weighted by Crippen LogP contribution is -2.26. The second kappa shape index (κ2) is 9.30. The molecule has 0 spiro atoms. The van der Waals surface area contributed by atoms with Gasteiger partial charge in [0.05, 0.1) is 22.4 Å². The van der Waals surface area contributed by atoms with Gasteiger partial charge in [-0.2, -0.15) is 4.80 Å². The minimum atomic E-state index is -0.00763. The normalized spacial score (nSPS) is 11.1. The smallest absolute Gasteiger partial charge is 0.233 e. The van der Waals surface area contributed by atoms with Crippen LogP contribution in [0.3, 0.4) is 0 Å². The molecule has 0 aliphatic heterocycles. The van der Waals surface area contributed by atoms with Crippen LogP contribution in [0.1, 0.15) is 18.4 Å². The third-order valence-electron chi connectivity index (χ3n) is 5.31. The molecule has 0 atom stereocenters. The van der Waals surface area contributed by atoms with Gasteiger partial charge in [-0.25, -0.2) is 4.98 Å². The van der Waals surface area contributed by atoms with E-state index in [0.29, 0.717) is 30.3 Å². The number of anilines is 2. The van der Waals surface area contributed by atoms with Gasteiger partial charge in [-0.3, -0.25) is 9.69 Å². The van der Waals surface area contributed by atoms with Gasteiger partial charge in [0, 0.05) is 12.0 Å². The molecule has 0 aliphatic rings. The average molecular weight is 455 g/mol. The molecule has 7 nitrogen and oxygen atoms in total. The molecule has 0 aliphatic carbocycles. The molecule has 0 saturated carbocycles. The number of fused-ring (bicyclic) bond motifs is 1. The van der Waals surface area contributed by atoms with E-state index in [0.717, 1.165) is 27.0 Å². The van der Waals surface area contributed by atoms with Gasteiger partial charge in [-0.1, -0.05) is 72.0 Å². The van der Waals surface area contributed by atoms with E-state index in [9.17, 15) is 4.79 Å². The van der Waals surface area contributed by atoms with Crippen LogP contribution < -0.4 is 4.90 Å². The summed E-state index contributed by atoms with van der Waals surface area (Å²) in [7, 11) is 0. The highest BCUT2D eigenvalue weighted by Crippen LogP contribution is 2.35. The van der Waals surface area contributed by atoms with Gasteiger partial charge in [-0.15, -0.1) is 10.2 Å². The number of nitrogens with zero attached hydrogens (tertiary/aromatic N) is 6. The number of thiazole rings is 1. The molecule has 5 rings (SSSR count). The largest absolute Gasteiger partial charge is 0.274 e. The predicted octanol–water partition coefficient (Wildman–Crippen LogP) is 5.40. The number of carbonyl (C=O) groups is 1. The highest BCUT2D eigenvalue weighted by atomic mass is 32.1. The van der Waals surface area contributed by atoms with Crippen LogP contribution in [0.25, 0.3) is 21.6 Å². The summed E-state index contributed by atoms with van der Waals surface area (Å²) in [5.74, 6) is 0.574. The zero-order valence-electron chi connectivity index (χ0n) is 18.1. The third kappa shape index (κ3) is 4.51. The van der Waals surface area contributed by atoms with Crippen molar-refractivity contribution in [3.05, 3.63) is 84.4 Å². The summed E-state index contributed by atoms with van der Waals surface area (Å²) in [4.78, 5) is 21.4. The Morgan fingerprint density at radius 3 is 2.55 bits per heavy atom. The Bertz CT molecular complexity index is 1360. The fourth-order valence-electron chi connectivity index (χ4n) is 3.64. The van der Waals surface area contributed by atoms with Crippen molar-refractivity contribution >= 4 is 38.3 Å². The van der Waals surface area contributed by atoms with Crippen LogP contribution in [-0.4, -0.2) is 31.1 Å². The summed E-state index contributed by atoms with van der Waals surface area (Å²) >= 11 is 1.52. The second-order valence-corrected chi connectivity index (χ2v) is 8.67. The molecule has 33 heavy (non-hydrogen) atoms. The molecule has 0 radical (unpaired) electrons. The molecular weight excluding hydrogens is 432 g/mol. The fraction of sp³-hybridized carbons (Fsp3) is 0.160. The Balaban J connectivity index is 1.34. The number of aromatic nitrogens is 5. The van der Waals surface area contributed by atoms with Gasteiger partial charge >= 0.3 is 0 Å². The molecule has 0 bridgehead atoms. The zero-order valence-corrected chi connectivity index (χ0v) is 18.9. The summed E-state index contributed by atoms with van der Waals surface area (Å²) < 4.78 is 1.05. The number of benzene rings is 3. The number of hydrogen-bond acceptors (Lipinski definition) is 6. The van der Waals surface area contributed by atoms with Crippen LogP contribution in [0.15, 0.2) is 78.9 Å². The molecule has 0 N–H and O–H groups in total. The number of amides is 1. The monoisotopic (exact) mass is 454 g/mol. The maximum atomic E-state index is 13.4. The van der Waals surface area contributed by atoms with Crippen molar-refractivity contribution in [2.75, 3.05) is 4.90 Å². The van der Waals surface area contributed by atoms with Gasteiger partial charge in [-0.05, 0) is 42.3 Å². The quantitative estimate of drug-likeness (QED) is 0.329. The van der Waals surface area contributed by atoms with E-state index in [2.05, 4.69) is 15.4 Å². The van der Waals surface area contributed by atoms with E-state index in [1.807, 2.05) is 85.8 Å². The Hall–Kier alpha value is -3.91. The summed E-state index contributed by atoms with van der Waals surface area (Å²) in [6, 6.07) is 25.6. The topological polar surface area (TPSA) is 76.8 Å². The third-order valence-corrected chi connectivity index (χ3v) is 6.33. The van der Waals surface area contributed by atoms with Crippen LogP contribution in [0, 0.1) is 6.92 Å². The molecule has 164 valence electrons. The highest BCUT2D eigenvalue weighted by molar-refractivity contribution is 7.22.